The Morgan fingerprint density at radius 2 is 1.73 bits per heavy atom. The summed E-state index contributed by atoms with van der Waals surface area (Å²) in [4.78, 5) is 45.0. The Labute approximate surface area is 186 Å². The molecule has 0 bridgehead atoms. The fourth-order valence-corrected chi connectivity index (χ4v) is 2.72. The van der Waals surface area contributed by atoms with Crippen LogP contribution in [0, 0.1) is 26.0 Å². The summed E-state index contributed by atoms with van der Waals surface area (Å²) in [6.07, 6.45) is 0. The third-order valence-electron chi connectivity index (χ3n) is 4.29. The van der Waals surface area contributed by atoms with E-state index in [1.807, 2.05) is 0 Å². The molecule has 0 aliphatic carbocycles. The van der Waals surface area contributed by atoms with Crippen LogP contribution in [0.4, 0.5) is 38.5 Å². The van der Waals surface area contributed by atoms with Crippen molar-refractivity contribution in [3.8, 4) is 0 Å². The predicted octanol–water partition coefficient (Wildman–Crippen LogP) is 4.02. The lowest BCUT2D eigenvalue weighted by Crippen LogP contribution is -2.30. The van der Waals surface area contributed by atoms with Gasteiger partial charge in [0.05, 0.1) is 28.7 Å². The van der Waals surface area contributed by atoms with Gasteiger partial charge in [-0.3, -0.25) is 29.8 Å². The van der Waals surface area contributed by atoms with Gasteiger partial charge in [0.15, 0.2) is 5.69 Å². The minimum Gasteiger partial charge on any atom is -0.468 e. The standard InChI is InChI=1S/C19H19FN6O7/c1-4-24(10-19(28)33-3)12-5-6-14(15(7-12)21-11(2)27)22-23-16-8-13(20)17(25(29)30)9-18(16)26(31)32/h5-9H,4,10H2,1-3H3,(H,21,27). The first-order chi connectivity index (χ1) is 15.6. The topological polar surface area (TPSA) is 170 Å². The molecule has 0 atom stereocenters. The number of halogens is 1. The van der Waals surface area contributed by atoms with Gasteiger partial charge in [-0.2, -0.15) is 4.39 Å². The number of ether oxygens (including phenoxy) is 1. The van der Waals surface area contributed by atoms with Crippen molar-refractivity contribution >= 4 is 46.0 Å². The molecule has 2 aromatic rings. The number of hydrogen-bond donors (Lipinski definition) is 1. The number of benzene rings is 2. The molecular weight excluding hydrogens is 443 g/mol. The average molecular weight is 462 g/mol. The minimum absolute atomic E-state index is 0.0539. The molecular formula is C19H19FN6O7. The number of nitrogens with zero attached hydrogens (tertiary/aromatic N) is 5. The van der Waals surface area contributed by atoms with Gasteiger partial charge in [-0.05, 0) is 25.1 Å². The zero-order valence-corrected chi connectivity index (χ0v) is 17.8. The summed E-state index contributed by atoms with van der Waals surface area (Å²) >= 11 is 0. The van der Waals surface area contributed by atoms with Crippen LogP contribution in [0.25, 0.3) is 0 Å². The summed E-state index contributed by atoms with van der Waals surface area (Å²) in [7, 11) is 1.25. The molecule has 14 heteroatoms. The number of carbonyl (C=O) groups excluding carboxylic acids is 2. The zero-order chi connectivity index (χ0) is 24.7. The Morgan fingerprint density at radius 1 is 1.09 bits per heavy atom. The van der Waals surface area contributed by atoms with Crippen LogP contribution in [0.3, 0.4) is 0 Å². The number of anilines is 2. The lowest BCUT2D eigenvalue weighted by atomic mass is 10.2. The number of methoxy groups -OCH3 is 1. The molecule has 0 radical (unpaired) electrons. The molecule has 0 unspecified atom stereocenters. The lowest BCUT2D eigenvalue weighted by Gasteiger charge is -2.22. The Kier molecular flexibility index (Phi) is 8.03. The number of azo groups is 1. The molecule has 0 heterocycles. The number of nitro groups is 2. The Morgan fingerprint density at radius 3 is 2.27 bits per heavy atom. The number of amides is 1. The molecule has 1 amide bonds. The molecule has 2 rings (SSSR count). The molecule has 174 valence electrons. The van der Waals surface area contributed by atoms with Gasteiger partial charge in [-0.15, -0.1) is 10.2 Å². The summed E-state index contributed by atoms with van der Waals surface area (Å²) in [5, 5.41) is 32.2. The van der Waals surface area contributed by atoms with E-state index in [1.54, 1.807) is 17.9 Å². The second kappa shape index (κ2) is 10.7. The molecule has 0 fully saturated rings. The fourth-order valence-electron chi connectivity index (χ4n) is 2.72. The summed E-state index contributed by atoms with van der Waals surface area (Å²) in [6.45, 7) is 3.43. The maximum absolute atomic E-state index is 14.0. The van der Waals surface area contributed by atoms with Crippen LogP contribution < -0.4 is 10.2 Å². The van der Waals surface area contributed by atoms with Crippen LogP contribution in [0.2, 0.25) is 0 Å². The highest BCUT2D eigenvalue weighted by molar-refractivity contribution is 5.93. The molecule has 0 spiro atoms. The number of likely N-dealkylation sites (N-methyl/N-ethyl adjacent to an activating group) is 1. The first kappa shape index (κ1) is 24.8. The van der Waals surface area contributed by atoms with Crippen LogP contribution in [0.1, 0.15) is 13.8 Å². The number of esters is 1. The van der Waals surface area contributed by atoms with Gasteiger partial charge in [-0.25, -0.2) is 0 Å². The van der Waals surface area contributed by atoms with Gasteiger partial charge < -0.3 is 15.0 Å². The maximum atomic E-state index is 14.0. The SMILES string of the molecule is CCN(CC(=O)OC)c1ccc(N=Nc2cc(F)c([N+](=O)[O-])cc2[N+](=O)[O-])c(NC(C)=O)c1. The Hall–Kier alpha value is -4.49. The average Bonchev–Trinajstić information content (AvgIpc) is 2.75. The quantitative estimate of drug-likeness (QED) is 0.252. The van der Waals surface area contributed by atoms with E-state index in [0.29, 0.717) is 24.4 Å². The molecule has 0 aliphatic heterocycles. The second-order valence-electron chi connectivity index (χ2n) is 6.48. The van der Waals surface area contributed by atoms with E-state index in [-0.39, 0.29) is 17.9 Å². The third-order valence-corrected chi connectivity index (χ3v) is 4.29. The highest BCUT2D eigenvalue weighted by Gasteiger charge is 2.25. The smallest absolute Gasteiger partial charge is 0.325 e. The summed E-state index contributed by atoms with van der Waals surface area (Å²) in [5.74, 6) is -2.25. The van der Waals surface area contributed by atoms with Gasteiger partial charge in [0.2, 0.25) is 11.7 Å². The van der Waals surface area contributed by atoms with Gasteiger partial charge in [-0.1, -0.05) is 0 Å². The van der Waals surface area contributed by atoms with E-state index < -0.39 is 44.6 Å². The van der Waals surface area contributed by atoms with Crippen molar-refractivity contribution in [2.45, 2.75) is 13.8 Å². The number of hydrogen-bond acceptors (Lipinski definition) is 10. The van der Waals surface area contributed by atoms with E-state index >= 15 is 0 Å². The maximum Gasteiger partial charge on any atom is 0.325 e. The van der Waals surface area contributed by atoms with Gasteiger partial charge in [0.25, 0.3) is 0 Å². The summed E-state index contributed by atoms with van der Waals surface area (Å²) < 4.78 is 18.6. The van der Waals surface area contributed by atoms with Crippen LogP contribution in [-0.4, -0.2) is 41.9 Å². The van der Waals surface area contributed by atoms with E-state index in [0.717, 1.165) is 0 Å². The van der Waals surface area contributed by atoms with Crippen molar-refractivity contribution in [2.24, 2.45) is 10.2 Å². The van der Waals surface area contributed by atoms with Crippen molar-refractivity contribution < 1.29 is 28.6 Å². The number of rotatable bonds is 9. The first-order valence-corrected chi connectivity index (χ1v) is 9.34. The highest BCUT2D eigenvalue weighted by atomic mass is 19.1. The molecule has 33 heavy (non-hydrogen) atoms. The van der Waals surface area contributed by atoms with E-state index in [2.05, 4.69) is 20.3 Å². The molecule has 13 nitrogen and oxygen atoms in total. The number of nitrogens with one attached hydrogen (secondary N) is 1. The molecule has 1 N–H and O–H groups in total. The third kappa shape index (κ3) is 6.25. The number of nitro benzene ring substituents is 2. The first-order valence-electron chi connectivity index (χ1n) is 9.34. The van der Waals surface area contributed by atoms with Crippen molar-refractivity contribution in [2.75, 3.05) is 30.4 Å². The largest absolute Gasteiger partial charge is 0.468 e. The van der Waals surface area contributed by atoms with E-state index in [9.17, 15) is 34.2 Å². The van der Waals surface area contributed by atoms with Gasteiger partial charge in [0.1, 0.15) is 12.2 Å². The summed E-state index contributed by atoms with van der Waals surface area (Å²) in [6, 6.07) is 5.48. The zero-order valence-electron chi connectivity index (χ0n) is 17.8. The Bertz CT molecular complexity index is 1140. The van der Waals surface area contributed by atoms with Gasteiger partial charge in [0, 0.05) is 25.2 Å². The lowest BCUT2D eigenvalue weighted by molar-refractivity contribution is -0.395. The van der Waals surface area contributed by atoms with Crippen molar-refractivity contribution in [1.29, 1.82) is 0 Å². The highest BCUT2D eigenvalue weighted by Crippen LogP contribution is 2.36. The fraction of sp³-hybridized carbons (Fsp3) is 0.263. The van der Waals surface area contributed by atoms with Crippen LogP contribution in [0.5, 0.6) is 0 Å². The molecule has 0 saturated heterocycles. The van der Waals surface area contributed by atoms with Crippen molar-refractivity contribution in [3.05, 3.63) is 56.4 Å². The summed E-state index contributed by atoms with van der Waals surface area (Å²) in [5.41, 5.74) is -1.68. The molecule has 0 aromatic heterocycles. The van der Waals surface area contributed by atoms with Crippen molar-refractivity contribution in [3.63, 3.8) is 0 Å². The Balaban J connectivity index is 2.51. The van der Waals surface area contributed by atoms with Crippen LogP contribution in [0.15, 0.2) is 40.6 Å². The second-order valence-corrected chi connectivity index (χ2v) is 6.48. The van der Waals surface area contributed by atoms with E-state index in [4.69, 9.17) is 0 Å². The van der Waals surface area contributed by atoms with Crippen LogP contribution >= 0.6 is 0 Å². The van der Waals surface area contributed by atoms with Gasteiger partial charge >= 0.3 is 17.3 Å². The molecule has 0 saturated carbocycles. The van der Waals surface area contributed by atoms with Crippen molar-refractivity contribution in [1.82, 2.24) is 0 Å². The minimum atomic E-state index is -1.32. The molecule has 0 aliphatic rings. The normalized spacial score (nSPS) is 10.7. The van der Waals surface area contributed by atoms with E-state index in [1.165, 1.54) is 26.2 Å². The monoisotopic (exact) mass is 462 g/mol. The van der Waals surface area contributed by atoms with Crippen LogP contribution in [-0.2, 0) is 14.3 Å². The predicted molar refractivity (Wildman–Crippen MR) is 115 cm³/mol. The number of carbonyl (C=O) groups is 2. The molecule has 2 aromatic carbocycles.